The van der Waals surface area contributed by atoms with Crippen LogP contribution in [0.15, 0.2) is 36.9 Å². The topological polar surface area (TPSA) is 69.5 Å². The van der Waals surface area contributed by atoms with Gasteiger partial charge in [0.25, 0.3) is 0 Å². The molecule has 0 radical (unpaired) electrons. The Balaban J connectivity index is 1.86. The lowest BCUT2D eigenvalue weighted by molar-refractivity contribution is -0.0626. The van der Waals surface area contributed by atoms with E-state index in [0.29, 0.717) is 6.61 Å². The molecule has 1 aromatic carbocycles. The van der Waals surface area contributed by atoms with Gasteiger partial charge in [-0.05, 0) is 52.3 Å². The van der Waals surface area contributed by atoms with Crippen molar-refractivity contribution in [2.24, 2.45) is 0 Å². The molecule has 2 aromatic rings. The minimum Gasteiger partial charge on any atom is -0.444 e. The first-order chi connectivity index (χ1) is 11.7. The summed E-state index contributed by atoms with van der Waals surface area (Å²) in [5.74, 6) is 0. The van der Waals surface area contributed by atoms with Gasteiger partial charge in [0.2, 0.25) is 0 Å². The van der Waals surface area contributed by atoms with E-state index in [2.05, 4.69) is 10.1 Å². The highest BCUT2D eigenvalue weighted by atomic mass is 16.6. The van der Waals surface area contributed by atoms with Crippen molar-refractivity contribution < 1.29 is 14.3 Å². The van der Waals surface area contributed by atoms with E-state index in [0.717, 1.165) is 11.3 Å². The van der Waals surface area contributed by atoms with Crippen molar-refractivity contribution in [2.75, 3.05) is 6.61 Å². The molecule has 0 unspecified atom stereocenters. The van der Waals surface area contributed by atoms with E-state index in [9.17, 15) is 4.79 Å². The van der Waals surface area contributed by atoms with Crippen LogP contribution in [0.1, 0.15) is 46.2 Å². The Kier molecular flexibility index (Phi) is 4.28. The van der Waals surface area contributed by atoms with Crippen LogP contribution in [0.25, 0.3) is 5.69 Å². The summed E-state index contributed by atoms with van der Waals surface area (Å²) in [7, 11) is 0. The van der Waals surface area contributed by atoms with Gasteiger partial charge in [0, 0.05) is 0 Å². The Morgan fingerprint density at radius 2 is 1.96 bits per heavy atom. The van der Waals surface area contributed by atoms with Crippen molar-refractivity contribution >= 4 is 6.09 Å². The molecule has 0 N–H and O–H groups in total. The number of hydrogen-bond acceptors (Lipinski definition) is 5. The summed E-state index contributed by atoms with van der Waals surface area (Å²) < 4.78 is 13.1. The van der Waals surface area contributed by atoms with Crippen LogP contribution < -0.4 is 0 Å². The minimum absolute atomic E-state index is 0.199. The molecule has 7 nitrogen and oxygen atoms in total. The quantitative estimate of drug-likeness (QED) is 0.836. The van der Waals surface area contributed by atoms with E-state index in [-0.39, 0.29) is 12.1 Å². The number of hydrogen-bond donors (Lipinski definition) is 0. The van der Waals surface area contributed by atoms with E-state index >= 15 is 0 Å². The second-order valence-electron chi connectivity index (χ2n) is 7.56. The van der Waals surface area contributed by atoms with Gasteiger partial charge < -0.3 is 9.47 Å². The number of nitrogens with zero attached hydrogens (tertiary/aromatic N) is 4. The highest BCUT2D eigenvalue weighted by Crippen LogP contribution is 2.38. The third-order valence-corrected chi connectivity index (χ3v) is 4.04. The van der Waals surface area contributed by atoms with Crippen LogP contribution in [-0.4, -0.2) is 43.7 Å². The predicted octanol–water partition coefficient (Wildman–Crippen LogP) is 3.31. The number of ether oxygens (including phenoxy) is 2. The summed E-state index contributed by atoms with van der Waals surface area (Å²) in [5.41, 5.74) is 0.609. The average Bonchev–Trinajstić information content (AvgIpc) is 3.13. The zero-order chi connectivity index (χ0) is 18.2. The maximum atomic E-state index is 12.7. The summed E-state index contributed by atoms with van der Waals surface area (Å²) in [6.07, 6.45) is 2.76. The van der Waals surface area contributed by atoms with Crippen molar-refractivity contribution in [1.82, 2.24) is 19.7 Å². The number of rotatable bonds is 2. The highest BCUT2D eigenvalue weighted by Gasteiger charge is 2.46. The average molecular weight is 344 g/mol. The lowest BCUT2D eigenvalue weighted by Gasteiger charge is -2.35. The van der Waals surface area contributed by atoms with Crippen LogP contribution in [0.3, 0.4) is 0 Å². The van der Waals surface area contributed by atoms with Crippen LogP contribution in [0.5, 0.6) is 0 Å². The molecule has 3 rings (SSSR count). The Labute approximate surface area is 147 Å². The van der Waals surface area contributed by atoms with Gasteiger partial charge in [-0.2, -0.15) is 5.10 Å². The van der Waals surface area contributed by atoms with Crippen molar-refractivity contribution in [1.29, 1.82) is 0 Å². The van der Waals surface area contributed by atoms with Crippen molar-refractivity contribution in [3.8, 4) is 5.69 Å². The van der Waals surface area contributed by atoms with E-state index in [4.69, 9.17) is 9.47 Å². The molecule has 1 atom stereocenters. The largest absolute Gasteiger partial charge is 0.444 e. The molecule has 0 aliphatic carbocycles. The molecule has 1 aliphatic rings. The molecule has 25 heavy (non-hydrogen) atoms. The molecule has 0 saturated carbocycles. The Morgan fingerprint density at radius 1 is 1.28 bits per heavy atom. The molecule has 1 saturated heterocycles. The third kappa shape index (κ3) is 3.66. The fraction of sp³-hybridized carbons (Fsp3) is 0.500. The number of carbonyl (C=O) groups excluding carboxylic acids is 1. The maximum absolute atomic E-state index is 12.7. The summed E-state index contributed by atoms with van der Waals surface area (Å²) in [6, 6.07) is 7.65. The van der Waals surface area contributed by atoms with E-state index in [1.807, 2.05) is 58.9 Å². The minimum atomic E-state index is -0.725. The molecular formula is C18H24N4O3. The summed E-state index contributed by atoms with van der Waals surface area (Å²) in [6.45, 7) is 9.75. The molecule has 1 aliphatic heterocycles. The monoisotopic (exact) mass is 344 g/mol. The number of amides is 1. The second-order valence-corrected chi connectivity index (χ2v) is 7.56. The van der Waals surface area contributed by atoms with Gasteiger partial charge in [-0.25, -0.2) is 14.5 Å². The summed E-state index contributed by atoms with van der Waals surface area (Å²) in [4.78, 5) is 18.3. The lowest BCUT2D eigenvalue weighted by atomic mass is 10.1. The lowest BCUT2D eigenvalue weighted by Crippen LogP contribution is -2.47. The van der Waals surface area contributed by atoms with Gasteiger partial charge in [0.15, 0.2) is 0 Å². The molecule has 0 bridgehead atoms. The highest BCUT2D eigenvalue weighted by molar-refractivity contribution is 5.70. The number of aromatic nitrogens is 3. The van der Waals surface area contributed by atoms with Crippen LogP contribution in [0, 0.1) is 0 Å². The molecule has 2 heterocycles. The van der Waals surface area contributed by atoms with Crippen molar-refractivity contribution in [3.05, 3.63) is 42.5 Å². The zero-order valence-corrected chi connectivity index (χ0v) is 15.3. The van der Waals surface area contributed by atoms with Crippen molar-refractivity contribution in [3.63, 3.8) is 0 Å². The first-order valence-electron chi connectivity index (χ1n) is 8.29. The molecule has 7 heteroatoms. The fourth-order valence-corrected chi connectivity index (χ4v) is 2.90. The smallest absolute Gasteiger partial charge is 0.413 e. The van der Waals surface area contributed by atoms with Crippen LogP contribution in [0.2, 0.25) is 0 Å². The Morgan fingerprint density at radius 3 is 2.52 bits per heavy atom. The molecule has 134 valence electrons. The van der Waals surface area contributed by atoms with Gasteiger partial charge in [-0.15, -0.1) is 0 Å². The van der Waals surface area contributed by atoms with E-state index in [1.54, 1.807) is 15.9 Å². The third-order valence-electron chi connectivity index (χ3n) is 4.04. The van der Waals surface area contributed by atoms with Gasteiger partial charge in [0.05, 0.1) is 18.3 Å². The van der Waals surface area contributed by atoms with Gasteiger partial charge >= 0.3 is 6.09 Å². The second kappa shape index (κ2) is 6.15. The summed E-state index contributed by atoms with van der Waals surface area (Å²) in [5, 5.41) is 4.12. The molecule has 1 fully saturated rings. The molecule has 1 amide bonds. The van der Waals surface area contributed by atoms with E-state index < -0.39 is 11.3 Å². The van der Waals surface area contributed by atoms with Crippen molar-refractivity contribution in [2.45, 2.75) is 52.0 Å². The molecule has 1 aromatic heterocycles. The normalized spacial score (nSPS) is 19.9. The fourth-order valence-electron chi connectivity index (χ4n) is 2.90. The molecular weight excluding hydrogens is 320 g/mol. The zero-order valence-electron chi connectivity index (χ0n) is 15.3. The first-order valence-corrected chi connectivity index (χ1v) is 8.29. The van der Waals surface area contributed by atoms with Crippen LogP contribution in [0.4, 0.5) is 4.79 Å². The van der Waals surface area contributed by atoms with E-state index in [1.165, 1.54) is 6.33 Å². The Hall–Kier alpha value is -2.41. The Bertz CT molecular complexity index is 733. The van der Waals surface area contributed by atoms with Gasteiger partial charge in [0.1, 0.15) is 24.0 Å². The number of benzene rings is 1. The SMILES string of the molecule is CC(C)(C)OC(=O)N1[C@H](c2ccc(-n3cncn3)cc2)COC1(C)C. The maximum Gasteiger partial charge on any atom is 0.413 e. The summed E-state index contributed by atoms with van der Waals surface area (Å²) >= 11 is 0. The van der Waals surface area contributed by atoms with Crippen LogP contribution >= 0.6 is 0 Å². The van der Waals surface area contributed by atoms with Gasteiger partial charge in [-0.1, -0.05) is 12.1 Å². The number of carbonyl (C=O) groups is 1. The molecule has 0 spiro atoms. The first kappa shape index (κ1) is 17.4. The van der Waals surface area contributed by atoms with Crippen LogP contribution in [-0.2, 0) is 9.47 Å². The standard InChI is InChI=1S/C18H24N4O3/c1-17(2,3)25-16(23)22-15(10-24-18(22,4)5)13-6-8-14(9-7-13)21-12-19-11-20-21/h6-9,11-12,15H,10H2,1-5H3/t15-/m0/s1. The predicted molar refractivity (Wildman–Crippen MR) is 92.2 cm³/mol. The van der Waals surface area contributed by atoms with Gasteiger partial charge in [-0.3, -0.25) is 4.90 Å².